The van der Waals surface area contributed by atoms with Crippen LogP contribution in [0.3, 0.4) is 0 Å². The molecule has 0 saturated carbocycles. The van der Waals surface area contributed by atoms with Gasteiger partial charge in [0.05, 0.1) is 12.8 Å². The number of allylic oxidation sites excluding steroid dienone is 3. The molecule has 2 atom stereocenters. The summed E-state index contributed by atoms with van der Waals surface area (Å²) >= 11 is 0. The smallest absolute Gasteiger partial charge is 0.264 e. The van der Waals surface area contributed by atoms with E-state index in [0.717, 1.165) is 24.9 Å². The summed E-state index contributed by atoms with van der Waals surface area (Å²) in [5.41, 5.74) is 0. The van der Waals surface area contributed by atoms with Crippen molar-refractivity contribution in [3.05, 3.63) is 24.0 Å². The summed E-state index contributed by atoms with van der Waals surface area (Å²) in [7, 11) is -1.37. The van der Waals surface area contributed by atoms with Crippen molar-refractivity contribution in [2.24, 2.45) is 5.92 Å². The van der Waals surface area contributed by atoms with Crippen molar-refractivity contribution in [1.82, 2.24) is 4.90 Å². The summed E-state index contributed by atoms with van der Waals surface area (Å²) in [6, 6.07) is 0.421. The standard InChI is InChI=1S/C16H25NO4S/c1-5-10-17(3)14(2)13-15-6-8-16(9-7-15)20-11-12-21-22(4,18)19/h1,6,8-9,14-15H,7,10-13H2,2-4H3. The van der Waals surface area contributed by atoms with Crippen LogP contribution in [0.1, 0.15) is 19.8 Å². The van der Waals surface area contributed by atoms with Crippen LogP contribution in [0.2, 0.25) is 0 Å². The van der Waals surface area contributed by atoms with Crippen LogP contribution in [0, 0.1) is 18.3 Å². The molecule has 0 bridgehead atoms. The van der Waals surface area contributed by atoms with E-state index in [2.05, 4.69) is 28.0 Å². The van der Waals surface area contributed by atoms with Crippen molar-refractivity contribution in [1.29, 1.82) is 0 Å². The van der Waals surface area contributed by atoms with Crippen LogP contribution in [-0.4, -0.2) is 52.4 Å². The van der Waals surface area contributed by atoms with Gasteiger partial charge in [0.15, 0.2) is 0 Å². The average Bonchev–Trinajstić information content (AvgIpc) is 2.44. The molecule has 0 aromatic carbocycles. The molecule has 0 fully saturated rings. The minimum atomic E-state index is -3.40. The number of ether oxygens (including phenoxy) is 1. The summed E-state index contributed by atoms with van der Waals surface area (Å²) in [6.45, 7) is 3.07. The zero-order valence-corrected chi connectivity index (χ0v) is 14.3. The molecule has 0 radical (unpaired) electrons. The van der Waals surface area contributed by atoms with Gasteiger partial charge in [-0.15, -0.1) is 6.42 Å². The quantitative estimate of drug-likeness (QED) is 0.367. The zero-order valence-electron chi connectivity index (χ0n) is 13.5. The first-order chi connectivity index (χ1) is 10.3. The Morgan fingerprint density at radius 1 is 1.50 bits per heavy atom. The van der Waals surface area contributed by atoms with Gasteiger partial charge in [0, 0.05) is 6.04 Å². The molecule has 5 nitrogen and oxygen atoms in total. The van der Waals surface area contributed by atoms with E-state index in [1.165, 1.54) is 0 Å². The van der Waals surface area contributed by atoms with Gasteiger partial charge >= 0.3 is 0 Å². The van der Waals surface area contributed by atoms with E-state index < -0.39 is 10.1 Å². The van der Waals surface area contributed by atoms with Crippen LogP contribution in [0.5, 0.6) is 0 Å². The lowest BCUT2D eigenvalue weighted by molar-refractivity contribution is 0.165. The summed E-state index contributed by atoms with van der Waals surface area (Å²) in [4.78, 5) is 2.16. The Labute approximate surface area is 134 Å². The van der Waals surface area contributed by atoms with Gasteiger partial charge in [0.25, 0.3) is 10.1 Å². The summed E-state index contributed by atoms with van der Waals surface area (Å²) < 4.78 is 31.7. The molecule has 0 saturated heterocycles. The Kier molecular flexibility index (Phi) is 7.66. The topological polar surface area (TPSA) is 55.8 Å². The van der Waals surface area contributed by atoms with Crippen molar-refractivity contribution in [2.45, 2.75) is 25.8 Å². The van der Waals surface area contributed by atoms with Crippen molar-refractivity contribution in [3.8, 4) is 12.3 Å². The number of terminal acetylenes is 1. The molecular formula is C16H25NO4S. The molecular weight excluding hydrogens is 302 g/mol. The van der Waals surface area contributed by atoms with E-state index in [1.807, 2.05) is 19.2 Å². The maximum absolute atomic E-state index is 10.8. The lowest BCUT2D eigenvalue weighted by Crippen LogP contribution is -2.31. The fourth-order valence-electron chi connectivity index (χ4n) is 2.19. The molecule has 2 unspecified atom stereocenters. The van der Waals surface area contributed by atoms with Crippen molar-refractivity contribution in [2.75, 3.05) is 33.1 Å². The van der Waals surface area contributed by atoms with Gasteiger partial charge in [0.2, 0.25) is 0 Å². The SMILES string of the molecule is C#CCN(C)C(C)CC1C=CC(OCCOS(C)(=O)=O)=CC1. The highest BCUT2D eigenvalue weighted by Gasteiger charge is 2.16. The van der Waals surface area contributed by atoms with Crippen LogP contribution < -0.4 is 0 Å². The predicted molar refractivity (Wildman–Crippen MR) is 87.6 cm³/mol. The lowest BCUT2D eigenvalue weighted by Gasteiger charge is -2.26. The second-order valence-corrected chi connectivity index (χ2v) is 7.18. The molecule has 1 aliphatic carbocycles. The zero-order chi connectivity index (χ0) is 16.6. The van der Waals surface area contributed by atoms with Crippen molar-refractivity contribution < 1.29 is 17.3 Å². The lowest BCUT2D eigenvalue weighted by atomic mass is 9.93. The van der Waals surface area contributed by atoms with E-state index >= 15 is 0 Å². The van der Waals surface area contributed by atoms with E-state index in [-0.39, 0.29) is 13.2 Å². The van der Waals surface area contributed by atoms with Crippen LogP contribution in [0.15, 0.2) is 24.0 Å². The second kappa shape index (κ2) is 8.99. The average molecular weight is 327 g/mol. The van der Waals surface area contributed by atoms with Gasteiger partial charge in [-0.05, 0) is 44.9 Å². The Morgan fingerprint density at radius 3 is 2.77 bits per heavy atom. The molecule has 124 valence electrons. The van der Waals surface area contributed by atoms with Gasteiger partial charge < -0.3 is 4.74 Å². The van der Waals surface area contributed by atoms with Gasteiger partial charge in [-0.1, -0.05) is 12.0 Å². The van der Waals surface area contributed by atoms with E-state index in [4.69, 9.17) is 11.2 Å². The Bertz CT molecular complexity index is 545. The van der Waals surface area contributed by atoms with Gasteiger partial charge in [-0.3, -0.25) is 9.08 Å². The molecule has 0 amide bonds. The van der Waals surface area contributed by atoms with Gasteiger partial charge in [-0.2, -0.15) is 8.42 Å². The van der Waals surface area contributed by atoms with Crippen LogP contribution in [0.4, 0.5) is 0 Å². The summed E-state index contributed by atoms with van der Waals surface area (Å²) in [6.07, 6.45) is 14.4. The molecule has 1 aliphatic rings. The third-order valence-corrected chi connectivity index (χ3v) is 4.14. The minimum absolute atomic E-state index is 0.0291. The van der Waals surface area contributed by atoms with Crippen molar-refractivity contribution >= 4 is 10.1 Å². The monoisotopic (exact) mass is 327 g/mol. The van der Waals surface area contributed by atoms with Crippen LogP contribution in [0.25, 0.3) is 0 Å². The normalized spacial score (nSPS) is 19.6. The molecule has 0 aromatic rings. The number of nitrogens with zero attached hydrogens (tertiary/aromatic N) is 1. The van der Waals surface area contributed by atoms with Crippen molar-refractivity contribution in [3.63, 3.8) is 0 Å². The van der Waals surface area contributed by atoms with E-state index in [9.17, 15) is 8.42 Å². The maximum atomic E-state index is 10.8. The summed E-state index contributed by atoms with van der Waals surface area (Å²) in [5.74, 6) is 3.88. The maximum Gasteiger partial charge on any atom is 0.264 e. The van der Waals surface area contributed by atoms with Gasteiger partial charge in [-0.25, -0.2) is 0 Å². The summed E-state index contributed by atoms with van der Waals surface area (Å²) in [5, 5.41) is 0. The molecule has 0 N–H and O–H groups in total. The fraction of sp³-hybridized carbons (Fsp3) is 0.625. The number of hydrogen-bond donors (Lipinski definition) is 0. The molecule has 0 spiro atoms. The number of rotatable bonds is 9. The first kappa shape index (κ1) is 18.8. The van der Waals surface area contributed by atoms with E-state index in [1.54, 1.807) is 0 Å². The number of hydrogen-bond acceptors (Lipinski definition) is 5. The van der Waals surface area contributed by atoms with Crippen LogP contribution >= 0.6 is 0 Å². The third-order valence-electron chi connectivity index (χ3n) is 3.54. The molecule has 6 heteroatoms. The third kappa shape index (κ3) is 7.64. The van der Waals surface area contributed by atoms with Crippen LogP contribution in [-0.2, 0) is 19.0 Å². The largest absolute Gasteiger partial charge is 0.491 e. The molecule has 1 rings (SSSR count). The Balaban J connectivity index is 2.28. The molecule has 0 aromatic heterocycles. The molecule has 0 heterocycles. The first-order valence-corrected chi connectivity index (χ1v) is 9.12. The van der Waals surface area contributed by atoms with Gasteiger partial charge in [0.1, 0.15) is 19.0 Å². The highest BCUT2D eigenvalue weighted by Crippen LogP contribution is 2.22. The highest BCUT2D eigenvalue weighted by molar-refractivity contribution is 7.85. The molecule has 0 aliphatic heterocycles. The minimum Gasteiger partial charge on any atom is -0.491 e. The predicted octanol–water partition coefficient (Wildman–Crippen LogP) is 1.78. The molecule has 22 heavy (non-hydrogen) atoms. The fourth-order valence-corrected chi connectivity index (χ4v) is 2.56. The highest BCUT2D eigenvalue weighted by atomic mass is 32.2. The Hall–Kier alpha value is -1.29. The first-order valence-electron chi connectivity index (χ1n) is 7.31. The van der Waals surface area contributed by atoms with E-state index in [0.29, 0.717) is 18.5 Å². The Morgan fingerprint density at radius 2 is 2.23 bits per heavy atom. The second-order valence-electron chi connectivity index (χ2n) is 5.54.